The Kier molecular flexibility index (Phi) is 8.51. The van der Waals surface area contributed by atoms with E-state index in [1.54, 1.807) is 28.9 Å². The molecular formula is C36H54O4S. The normalized spacial score (nSPS) is 34.3. The minimum absolute atomic E-state index is 0.0135. The van der Waals surface area contributed by atoms with Crippen LogP contribution in [-0.2, 0) is 14.3 Å². The van der Waals surface area contributed by atoms with Crippen molar-refractivity contribution in [1.82, 2.24) is 0 Å². The standard InChI is InChI=1S/C36H54O4S/c1-24-11-13-27(14-12-24)41(38,39)40-23-25(2)9-8-10-26(3)29-16-17-30-28-15-18-32-34(4,5)33(37)20-22-36(32,7)31(28)19-21-35(29,30)6/h11-14,17,25-26,29,32-33,37H,8-10,15-16,18-23H2,1-7H3/t25-,26-,29-,32+,33+,35-,36-/m1/s1. The summed E-state index contributed by atoms with van der Waals surface area (Å²) in [4.78, 5) is 0.236. The third-order valence-corrected chi connectivity index (χ3v) is 13.6. The quantitative estimate of drug-likeness (QED) is 0.296. The molecule has 1 aromatic carbocycles. The fourth-order valence-electron chi connectivity index (χ4n) is 9.63. The van der Waals surface area contributed by atoms with Crippen molar-refractivity contribution in [3.63, 3.8) is 0 Å². The van der Waals surface area contributed by atoms with Crippen LogP contribution in [0.2, 0.25) is 0 Å². The van der Waals surface area contributed by atoms with Gasteiger partial charge >= 0.3 is 0 Å². The highest BCUT2D eigenvalue weighted by atomic mass is 32.2. The van der Waals surface area contributed by atoms with Gasteiger partial charge in [-0.05, 0) is 121 Å². The molecule has 228 valence electrons. The van der Waals surface area contributed by atoms with Crippen molar-refractivity contribution >= 4 is 10.1 Å². The molecule has 4 aliphatic carbocycles. The fourth-order valence-corrected chi connectivity index (χ4v) is 10.6. The maximum absolute atomic E-state index is 12.6. The average molecular weight is 583 g/mol. The monoisotopic (exact) mass is 582 g/mol. The third kappa shape index (κ3) is 5.53. The van der Waals surface area contributed by atoms with Crippen LogP contribution in [0.1, 0.15) is 111 Å². The first kappa shape index (κ1) is 31.0. The molecule has 1 fully saturated rings. The summed E-state index contributed by atoms with van der Waals surface area (Å²) in [5, 5.41) is 10.8. The van der Waals surface area contributed by atoms with Gasteiger partial charge in [-0.15, -0.1) is 0 Å². The van der Waals surface area contributed by atoms with E-state index in [0.717, 1.165) is 31.2 Å². The van der Waals surface area contributed by atoms with Gasteiger partial charge in [-0.3, -0.25) is 4.18 Å². The second kappa shape index (κ2) is 11.2. The topological polar surface area (TPSA) is 63.6 Å². The summed E-state index contributed by atoms with van der Waals surface area (Å²) < 4.78 is 30.6. The summed E-state index contributed by atoms with van der Waals surface area (Å²) in [5.74, 6) is 2.08. The molecular weight excluding hydrogens is 528 g/mol. The summed E-state index contributed by atoms with van der Waals surface area (Å²) in [6.45, 7) is 16.4. The summed E-state index contributed by atoms with van der Waals surface area (Å²) in [5.41, 5.74) is 6.61. The van der Waals surface area contributed by atoms with E-state index in [4.69, 9.17) is 4.18 Å². The van der Waals surface area contributed by atoms with Gasteiger partial charge in [0.15, 0.2) is 0 Å². The van der Waals surface area contributed by atoms with Gasteiger partial charge < -0.3 is 5.11 Å². The van der Waals surface area contributed by atoms with Crippen molar-refractivity contribution in [3.8, 4) is 0 Å². The minimum atomic E-state index is -3.70. The number of hydrogen-bond acceptors (Lipinski definition) is 4. The molecule has 0 heterocycles. The highest BCUT2D eigenvalue weighted by Gasteiger charge is 2.57. The van der Waals surface area contributed by atoms with Crippen LogP contribution in [0.5, 0.6) is 0 Å². The third-order valence-electron chi connectivity index (χ3n) is 12.3. The molecule has 5 rings (SSSR count). The van der Waals surface area contributed by atoms with E-state index in [2.05, 4.69) is 47.6 Å². The molecule has 0 aromatic heterocycles. The zero-order valence-electron chi connectivity index (χ0n) is 26.6. The molecule has 7 atom stereocenters. The van der Waals surface area contributed by atoms with Gasteiger partial charge in [0.05, 0.1) is 17.6 Å². The first-order valence-corrected chi connectivity index (χ1v) is 17.7. The van der Waals surface area contributed by atoms with Crippen molar-refractivity contribution in [2.24, 2.45) is 39.9 Å². The van der Waals surface area contributed by atoms with E-state index >= 15 is 0 Å². The lowest BCUT2D eigenvalue weighted by atomic mass is 9.46. The van der Waals surface area contributed by atoms with Crippen LogP contribution in [0, 0.1) is 46.8 Å². The SMILES string of the molecule is Cc1ccc(S(=O)(=O)OC[C@H](C)CCC[C@@H](C)[C@H]2CC=C3C4=C(CC[C@@]32C)[C@@]2(C)CC[C@H](O)C(C)(C)[C@@H]2CC4)cc1. The lowest BCUT2D eigenvalue weighted by molar-refractivity contribution is -0.0905. The Bertz CT molecular complexity index is 1290. The second-order valence-corrected chi connectivity index (χ2v) is 16.9. The number of hydrogen-bond donors (Lipinski definition) is 1. The van der Waals surface area contributed by atoms with E-state index in [0.29, 0.717) is 17.8 Å². The Morgan fingerprint density at radius 1 is 0.976 bits per heavy atom. The molecule has 0 amide bonds. The molecule has 5 heteroatoms. The van der Waals surface area contributed by atoms with Crippen molar-refractivity contribution in [2.75, 3.05) is 6.61 Å². The minimum Gasteiger partial charge on any atom is -0.393 e. The van der Waals surface area contributed by atoms with E-state index in [1.165, 1.54) is 38.5 Å². The van der Waals surface area contributed by atoms with Crippen molar-refractivity contribution in [3.05, 3.63) is 52.6 Å². The highest BCUT2D eigenvalue weighted by Crippen LogP contribution is 2.66. The van der Waals surface area contributed by atoms with Crippen LogP contribution in [0.15, 0.2) is 52.0 Å². The van der Waals surface area contributed by atoms with Gasteiger partial charge in [-0.1, -0.05) is 83.7 Å². The van der Waals surface area contributed by atoms with Crippen LogP contribution in [0.3, 0.4) is 0 Å². The summed E-state index contributed by atoms with van der Waals surface area (Å²) in [6, 6.07) is 6.86. The molecule has 0 aliphatic heterocycles. The summed E-state index contributed by atoms with van der Waals surface area (Å²) in [7, 11) is -3.70. The fraction of sp³-hybridized carbons (Fsp3) is 0.722. The number of rotatable bonds is 9. The Hall–Kier alpha value is -1.43. The van der Waals surface area contributed by atoms with E-state index in [1.807, 2.05) is 19.1 Å². The number of aliphatic hydroxyl groups is 1. The zero-order valence-corrected chi connectivity index (χ0v) is 27.4. The molecule has 1 aromatic rings. The molecule has 1 N–H and O–H groups in total. The molecule has 1 saturated carbocycles. The van der Waals surface area contributed by atoms with Crippen molar-refractivity contribution in [2.45, 2.75) is 124 Å². The van der Waals surface area contributed by atoms with Crippen LogP contribution in [0.25, 0.3) is 0 Å². The molecule has 4 aliphatic rings. The average Bonchev–Trinajstić information content (AvgIpc) is 3.27. The molecule has 0 unspecified atom stereocenters. The van der Waals surface area contributed by atoms with Gasteiger partial charge in [-0.2, -0.15) is 8.42 Å². The zero-order chi connectivity index (χ0) is 29.8. The van der Waals surface area contributed by atoms with Crippen LogP contribution in [0.4, 0.5) is 0 Å². The van der Waals surface area contributed by atoms with Gasteiger partial charge in [0.2, 0.25) is 0 Å². The van der Waals surface area contributed by atoms with Crippen LogP contribution >= 0.6 is 0 Å². The number of aryl methyl sites for hydroxylation is 1. The van der Waals surface area contributed by atoms with Gasteiger partial charge in [0.1, 0.15) is 0 Å². The number of benzene rings is 1. The molecule has 41 heavy (non-hydrogen) atoms. The smallest absolute Gasteiger partial charge is 0.296 e. The number of aliphatic hydroxyl groups excluding tert-OH is 1. The molecule has 0 radical (unpaired) electrons. The van der Waals surface area contributed by atoms with E-state index in [-0.39, 0.29) is 39.8 Å². The number of allylic oxidation sites excluding steroid dienone is 4. The predicted octanol–water partition coefficient (Wildman–Crippen LogP) is 8.78. The van der Waals surface area contributed by atoms with Crippen molar-refractivity contribution < 1.29 is 17.7 Å². The maximum atomic E-state index is 12.6. The molecule has 0 spiro atoms. The van der Waals surface area contributed by atoms with Crippen LogP contribution in [-0.4, -0.2) is 26.2 Å². The predicted molar refractivity (Wildman–Crippen MR) is 167 cm³/mol. The Labute approximate surface area is 250 Å². The van der Waals surface area contributed by atoms with Gasteiger partial charge in [0, 0.05) is 0 Å². The Morgan fingerprint density at radius 2 is 1.68 bits per heavy atom. The molecule has 0 bridgehead atoms. The maximum Gasteiger partial charge on any atom is 0.296 e. The lowest BCUT2D eigenvalue weighted by Crippen LogP contribution is -2.53. The van der Waals surface area contributed by atoms with Gasteiger partial charge in [-0.25, -0.2) is 0 Å². The largest absolute Gasteiger partial charge is 0.393 e. The second-order valence-electron chi connectivity index (χ2n) is 15.3. The Morgan fingerprint density at radius 3 is 2.39 bits per heavy atom. The molecule has 0 saturated heterocycles. The summed E-state index contributed by atoms with van der Waals surface area (Å²) in [6.07, 6.45) is 13.8. The van der Waals surface area contributed by atoms with E-state index in [9.17, 15) is 13.5 Å². The Balaban J connectivity index is 1.17. The van der Waals surface area contributed by atoms with E-state index < -0.39 is 10.1 Å². The van der Waals surface area contributed by atoms with Crippen LogP contribution < -0.4 is 0 Å². The molecule has 4 nitrogen and oxygen atoms in total. The summed E-state index contributed by atoms with van der Waals surface area (Å²) >= 11 is 0. The highest BCUT2D eigenvalue weighted by molar-refractivity contribution is 7.86. The van der Waals surface area contributed by atoms with Gasteiger partial charge in [0.25, 0.3) is 10.1 Å². The first-order chi connectivity index (χ1) is 19.2. The first-order valence-electron chi connectivity index (χ1n) is 16.3. The lowest BCUT2D eigenvalue weighted by Gasteiger charge is -2.59. The van der Waals surface area contributed by atoms with Crippen molar-refractivity contribution in [1.29, 1.82) is 0 Å². The number of fused-ring (bicyclic) bond motifs is 4.